The maximum atomic E-state index is 4.02. The van der Waals surface area contributed by atoms with Gasteiger partial charge in [0.15, 0.2) is 0 Å². The summed E-state index contributed by atoms with van der Waals surface area (Å²) in [4.78, 5) is 2.65. The SMILES string of the molecule is CC1CC(C)CC(NC2CCN3CCC2C3)C1. The molecule has 3 aliphatic rings. The van der Waals surface area contributed by atoms with Gasteiger partial charge in [0, 0.05) is 18.6 Å². The molecule has 5 atom stereocenters. The zero-order valence-electron chi connectivity index (χ0n) is 11.5. The number of rotatable bonds is 2. The summed E-state index contributed by atoms with van der Waals surface area (Å²) < 4.78 is 0. The lowest BCUT2D eigenvalue weighted by molar-refractivity contribution is 0.171. The van der Waals surface area contributed by atoms with Crippen molar-refractivity contribution in [3.63, 3.8) is 0 Å². The zero-order chi connectivity index (χ0) is 11.8. The third-order valence-electron chi connectivity index (χ3n) is 5.26. The Morgan fingerprint density at radius 2 is 1.65 bits per heavy atom. The highest BCUT2D eigenvalue weighted by Gasteiger charge is 2.36. The number of hydrogen-bond acceptors (Lipinski definition) is 2. The molecule has 2 saturated heterocycles. The van der Waals surface area contributed by atoms with Crippen molar-refractivity contribution < 1.29 is 0 Å². The second kappa shape index (κ2) is 4.89. The predicted molar refractivity (Wildman–Crippen MR) is 72.1 cm³/mol. The summed E-state index contributed by atoms with van der Waals surface area (Å²) in [5.74, 6) is 2.82. The average molecular weight is 236 g/mol. The Bertz CT molecular complexity index is 256. The van der Waals surface area contributed by atoms with Crippen LogP contribution in [0.5, 0.6) is 0 Å². The van der Waals surface area contributed by atoms with Gasteiger partial charge in [0.2, 0.25) is 0 Å². The quantitative estimate of drug-likeness (QED) is 0.792. The average Bonchev–Trinajstić information content (AvgIpc) is 2.64. The van der Waals surface area contributed by atoms with Crippen molar-refractivity contribution in [1.82, 2.24) is 10.2 Å². The van der Waals surface area contributed by atoms with Gasteiger partial charge in [-0.15, -0.1) is 0 Å². The standard InChI is InChI=1S/C15H28N2/c1-11-7-12(2)9-14(8-11)16-15-4-6-17-5-3-13(15)10-17/h11-16H,3-10H2,1-2H3. The third kappa shape index (κ3) is 2.68. The molecular weight excluding hydrogens is 208 g/mol. The maximum Gasteiger partial charge on any atom is 0.0123 e. The van der Waals surface area contributed by atoms with Crippen molar-refractivity contribution in [2.24, 2.45) is 17.8 Å². The highest BCUT2D eigenvalue weighted by molar-refractivity contribution is 4.93. The van der Waals surface area contributed by atoms with Crippen LogP contribution >= 0.6 is 0 Å². The minimum atomic E-state index is 0.811. The number of fused-ring (bicyclic) bond motifs is 2. The molecular formula is C15H28N2. The number of nitrogens with one attached hydrogen (secondary N) is 1. The third-order valence-corrected chi connectivity index (χ3v) is 5.26. The molecule has 2 nitrogen and oxygen atoms in total. The molecule has 1 aliphatic carbocycles. The van der Waals surface area contributed by atoms with Crippen LogP contribution in [0, 0.1) is 17.8 Å². The molecule has 3 rings (SSSR count). The molecule has 2 heterocycles. The van der Waals surface area contributed by atoms with Crippen molar-refractivity contribution >= 4 is 0 Å². The summed E-state index contributed by atoms with van der Waals surface area (Å²) in [5.41, 5.74) is 0. The molecule has 17 heavy (non-hydrogen) atoms. The Balaban J connectivity index is 1.55. The lowest BCUT2D eigenvalue weighted by atomic mass is 9.79. The van der Waals surface area contributed by atoms with Crippen molar-refractivity contribution in [2.75, 3.05) is 19.6 Å². The summed E-state index contributed by atoms with van der Waals surface area (Å²) in [6.07, 6.45) is 7.11. The predicted octanol–water partition coefficient (Wildman–Crippen LogP) is 2.49. The van der Waals surface area contributed by atoms with Crippen LogP contribution in [0.1, 0.15) is 46.0 Å². The van der Waals surface area contributed by atoms with E-state index in [4.69, 9.17) is 0 Å². The Labute approximate surface area is 106 Å². The van der Waals surface area contributed by atoms with Gasteiger partial charge in [0.05, 0.1) is 0 Å². The minimum Gasteiger partial charge on any atom is -0.311 e. The molecule has 2 heteroatoms. The summed E-state index contributed by atoms with van der Waals surface area (Å²) in [7, 11) is 0. The van der Waals surface area contributed by atoms with Gasteiger partial charge in [0.25, 0.3) is 0 Å². The van der Waals surface area contributed by atoms with Crippen LogP contribution in [0.15, 0.2) is 0 Å². The second-order valence-electron chi connectivity index (χ2n) is 7.03. The van der Waals surface area contributed by atoms with Crippen LogP contribution in [0.25, 0.3) is 0 Å². The van der Waals surface area contributed by atoms with Crippen LogP contribution < -0.4 is 5.32 Å². The van der Waals surface area contributed by atoms with Gasteiger partial charge in [-0.2, -0.15) is 0 Å². The minimum absolute atomic E-state index is 0.811. The first-order chi connectivity index (χ1) is 8.20. The lowest BCUT2D eigenvalue weighted by Gasteiger charge is -2.38. The van der Waals surface area contributed by atoms with Crippen LogP contribution in [0.2, 0.25) is 0 Å². The first-order valence-corrected chi connectivity index (χ1v) is 7.69. The molecule has 0 aromatic rings. The molecule has 98 valence electrons. The smallest absolute Gasteiger partial charge is 0.0123 e. The van der Waals surface area contributed by atoms with E-state index in [1.807, 2.05) is 0 Å². The van der Waals surface area contributed by atoms with Crippen molar-refractivity contribution in [3.8, 4) is 0 Å². The number of nitrogens with zero attached hydrogens (tertiary/aromatic N) is 1. The number of piperidine rings is 1. The van der Waals surface area contributed by atoms with Crippen LogP contribution in [-0.4, -0.2) is 36.6 Å². The van der Waals surface area contributed by atoms with Gasteiger partial charge in [-0.25, -0.2) is 0 Å². The molecule has 5 unspecified atom stereocenters. The first-order valence-electron chi connectivity index (χ1n) is 7.69. The highest BCUT2D eigenvalue weighted by atomic mass is 15.2. The molecule has 0 aromatic carbocycles. The van der Waals surface area contributed by atoms with E-state index in [0.29, 0.717) is 0 Å². The fraction of sp³-hybridized carbons (Fsp3) is 1.00. The Kier molecular flexibility index (Phi) is 3.45. The van der Waals surface area contributed by atoms with Crippen molar-refractivity contribution in [1.29, 1.82) is 0 Å². The summed E-state index contributed by atoms with van der Waals surface area (Å²) in [6, 6.07) is 1.64. The maximum absolute atomic E-state index is 4.02. The Hall–Kier alpha value is -0.0800. The Morgan fingerprint density at radius 1 is 0.941 bits per heavy atom. The van der Waals surface area contributed by atoms with Gasteiger partial charge in [-0.05, 0) is 62.9 Å². The van der Waals surface area contributed by atoms with Gasteiger partial charge in [0.1, 0.15) is 0 Å². The molecule has 3 fully saturated rings. The van der Waals surface area contributed by atoms with Crippen LogP contribution in [0.4, 0.5) is 0 Å². The molecule has 0 amide bonds. The van der Waals surface area contributed by atoms with E-state index < -0.39 is 0 Å². The lowest BCUT2D eigenvalue weighted by Crippen LogP contribution is -2.49. The fourth-order valence-electron chi connectivity index (χ4n) is 4.56. The summed E-state index contributed by atoms with van der Waals surface area (Å²) >= 11 is 0. The van der Waals surface area contributed by atoms with Gasteiger partial charge < -0.3 is 10.2 Å². The monoisotopic (exact) mass is 236 g/mol. The van der Waals surface area contributed by atoms with E-state index in [1.54, 1.807) is 0 Å². The second-order valence-corrected chi connectivity index (χ2v) is 7.03. The van der Waals surface area contributed by atoms with E-state index in [9.17, 15) is 0 Å². The van der Waals surface area contributed by atoms with Crippen LogP contribution in [0.3, 0.4) is 0 Å². The largest absolute Gasteiger partial charge is 0.311 e. The molecule has 1 N–H and O–H groups in total. The van der Waals surface area contributed by atoms with Gasteiger partial charge >= 0.3 is 0 Å². The molecule has 2 aliphatic heterocycles. The normalized spacial score (nSPS) is 50.5. The van der Waals surface area contributed by atoms with Crippen molar-refractivity contribution in [3.05, 3.63) is 0 Å². The molecule has 0 spiro atoms. The fourth-order valence-corrected chi connectivity index (χ4v) is 4.56. The van der Waals surface area contributed by atoms with Gasteiger partial charge in [-0.1, -0.05) is 13.8 Å². The summed E-state index contributed by atoms with van der Waals surface area (Å²) in [6.45, 7) is 8.94. The molecule has 1 saturated carbocycles. The van der Waals surface area contributed by atoms with E-state index in [2.05, 4.69) is 24.1 Å². The Morgan fingerprint density at radius 3 is 2.41 bits per heavy atom. The van der Waals surface area contributed by atoms with E-state index >= 15 is 0 Å². The molecule has 0 radical (unpaired) electrons. The number of hydrogen-bond donors (Lipinski definition) is 1. The topological polar surface area (TPSA) is 15.3 Å². The first kappa shape index (κ1) is 12.0. The van der Waals surface area contributed by atoms with Crippen molar-refractivity contribution in [2.45, 2.75) is 58.0 Å². The van der Waals surface area contributed by atoms with E-state index in [0.717, 1.165) is 29.8 Å². The highest BCUT2D eigenvalue weighted by Crippen LogP contribution is 2.32. The molecule has 2 bridgehead atoms. The van der Waals surface area contributed by atoms with E-state index in [-0.39, 0.29) is 0 Å². The zero-order valence-corrected chi connectivity index (χ0v) is 11.5. The van der Waals surface area contributed by atoms with E-state index in [1.165, 1.54) is 51.7 Å². The summed E-state index contributed by atoms with van der Waals surface area (Å²) in [5, 5.41) is 4.02. The van der Waals surface area contributed by atoms with Crippen LogP contribution in [-0.2, 0) is 0 Å². The molecule has 0 aromatic heterocycles. The van der Waals surface area contributed by atoms with Gasteiger partial charge in [-0.3, -0.25) is 0 Å².